The van der Waals surface area contributed by atoms with E-state index in [9.17, 15) is 19.5 Å². The Labute approximate surface area is 200 Å². The molecule has 1 aliphatic rings. The van der Waals surface area contributed by atoms with Gasteiger partial charge in [0.2, 0.25) is 5.91 Å². The number of alkyl carbamates (subject to hydrolysis) is 1. The second-order valence-electron chi connectivity index (χ2n) is 9.85. The highest BCUT2D eigenvalue weighted by molar-refractivity contribution is 5.93. The molecule has 1 atom stereocenters. The molecule has 0 aromatic heterocycles. The molecular formula is C27H34N2O5. The Morgan fingerprint density at radius 2 is 1.44 bits per heavy atom. The molecule has 0 unspecified atom stereocenters. The minimum absolute atomic E-state index is 0.0955. The average Bonchev–Trinajstić information content (AvgIpc) is 3.12. The van der Waals surface area contributed by atoms with Crippen molar-refractivity contribution in [2.75, 3.05) is 6.61 Å². The Morgan fingerprint density at radius 1 is 0.941 bits per heavy atom. The highest BCUT2D eigenvalue weighted by Crippen LogP contribution is 2.44. The Balaban J connectivity index is 1.73. The van der Waals surface area contributed by atoms with Crippen LogP contribution in [0.3, 0.4) is 0 Å². The zero-order valence-electron chi connectivity index (χ0n) is 20.5. The van der Waals surface area contributed by atoms with Crippen molar-refractivity contribution in [2.24, 2.45) is 5.41 Å². The van der Waals surface area contributed by atoms with Gasteiger partial charge in [-0.05, 0) is 40.5 Å². The normalized spacial score (nSPS) is 14.0. The van der Waals surface area contributed by atoms with Crippen LogP contribution in [0.1, 0.15) is 64.5 Å². The van der Waals surface area contributed by atoms with Gasteiger partial charge in [-0.15, -0.1) is 0 Å². The molecule has 0 bridgehead atoms. The number of hydrogen-bond donors (Lipinski definition) is 3. The standard InChI is InChI=1S/C27H34N2O5/c1-6-27(7-2,24(32)28-22(23(30)31)26(3,4)5)29-25(33)34-16-21-19-14-10-8-12-17(19)18-13-9-11-15-20(18)21/h8-15,21-22H,6-7,16H2,1-5H3,(H,28,32)(H,29,33)(H,30,31)/t22-/m1/s1. The first-order chi connectivity index (χ1) is 16.0. The predicted molar refractivity (Wildman–Crippen MR) is 131 cm³/mol. The predicted octanol–water partition coefficient (Wildman–Crippen LogP) is 4.70. The summed E-state index contributed by atoms with van der Waals surface area (Å²) >= 11 is 0. The van der Waals surface area contributed by atoms with E-state index in [2.05, 4.69) is 22.8 Å². The van der Waals surface area contributed by atoms with Crippen LogP contribution in [0, 0.1) is 5.41 Å². The van der Waals surface area contributed by atoms with Gasteiger partial charge in [-0.2, -0.15) is 0 Å². The maximum atomic E-state index is 13.2. The third kappa shape index (κ3) is 4.93. The van der Waals surface area contributed by atoms with Gasteiger partial charge >= 0.3 is 12.1 Å². The van der Waals surface area contributed by atoms with Gasteiger partial charge in [0.25, 0.3) is 0 Å². The number of nitrogens with one attached hydrogen (secondary N) is 2. The summed E-state index contributed by atoms with van der Waals surface area (Å²) in [5, 5.41) is 14.9. The van der Waals surface area contributed by atoms with Gasteiger partial charge < -0.3 is 20.5 Å². The summed E-state index contributed by atoms with van der Waals surface area (Å²) in [6, 6.07) is 15.0. The van der Waals surface area contributed by atoms with E-state index >= 15 is 0 Å². The van der Waals surface area contributed by atoms with E-state index < -0.39 is 35.0 Å². The molecule has 34 heavy (non-hydrogen) atoms. The molecule has 3 N–H and O–H groups in total. The molecule has 0 radical (unpaired) electrons. The summed E-state index contributed by atoms with van der Waals surface area (Å²) in [4.78, 5) is 37.7. The number of hydrogen-bond acceptors (Lipinski definition) is 4. The summed E-state index contributed by atoms with van der Waals surface area (Å²) in [6.45, 7) is 8.91. The number of carboxylic acid groups (broad SMARTS) is 1. The molecule has 0 fully saturated rings. The maximum absolute atomic E-state index is 13.2. The van der Waals surface area contributed by atoms with Crippen LogP contribution in [0.2, 0.25) is 0 Å². The molecule has 2 aromatic rings. The number of aliphatic carboxylic acids is 1. The molecule has 0 aliphatic heterocycles. The number of carbonyl (C=O) groups excluding carboxylic acids is 2. The summed E-state index contributed by atoms with van der Waals surface area (Å²) < 4.78 is 5.62. The van der Waals surface area contributed by atoms with Crippen molar-refractivity contribution in [3.05, 3.63) is 59.7 Å². The first-order valence-corrected chi connectivity index (χ1v) is 11.7. The number of carbonyl (C=O) groups is 3. The van der Waals surface area contributed by atoms with Gasteiger partial charge in [0.15, 0.2) is 0 Å². The number of ether oxygens (including phenoxy) is 1. The fourth-order valence-electron chi connectivity index (χ4n) is 4.55. The van der Waals surface area contributed by atoms with Crippen LogP contribution in [0.15, 0.2) is 48.5 Å². The van der Waals surface area contributed by atoms with Gasteiger partial charge in [0, 0.05) is 5.92 Å². The van der Waals surface area contributed by atoms with Crippen molar-refractivity contribution >= 4 is 18.0 Å². The van der Waals surface area contributed by atoms with Crippen LogP contribution in [0.5, 0.6) is 0 Å². The Morgan fingerprint density at radius 3 is 1.88 bits per heavy atom. The monoisotopic (exact) mass is 466 g/mol. The van der Waals surface area contributed by atoms with Crippen molar-refractivity contribution in [2.45, 2.75) is 65.0 Å². The van der Waals surface area contributed by atoms with Crippen LogP contribution < -0.4 is 10.6 Å². The molecule has 2 amide bonds. The number of fused-ring (bicyclic) bond motifs is 3. The third-order valence-corrected chi connectivity index (χ3v) is 6.72. The number of rotatable bonds is 8. The molecule has 0 spiro atoms. The van der Waals surface area contributed by atoms with E-state index in [0.29, 0.717) is 0 Å². The molecular weight excluding hydrogens is 432 g/mol. The Kier molecular flexibility index (Phi) is 7.34. The molecule has 0 heterocycles. The lowest BCUT2D eigenvalue weighted by atomic mass is 9.85. The zero-order valence-corrected chi connectivity index (χ0v) is 20.5. The third-order valence-electron chi connectivity index (χ3n) is 6.72. The Bertz CT molecular complexity index is 1020. The largest absolute Gasteiger partial charge is 0.480 e. The average molecular weight is 467 g/mol. The van der Waals surface area contributed by atoms with Crippen LogP contribution >= 0.6 is 0 Å². The van der Waals surface area contributed by atoms with E-state index in [1.165, 1.54) is 0 Å². The van der Waals surface area contributed by atoms with E-state index in [0.717, 1.165) is 22.3 Å². The van der Waals surface area contributed by atoms with Crippen LogP contribution in [0.4, 0.5) is 4.79 Å². The van der Waals surface area contributed by atoms with E-state index in [-0.39, 0.29) is 25.4 Å². The smallest absolute Gasteiger partial charge is 0.408 e. The minimum Gasteiger partial charge on any atom is -0.480 e. The fourth-order valence-corrected chi connectivity index (χ4v) is 4.55. The summed E-state index contributed by atoms with van der Waals surface area (Å²) in [7, 11) is 0. The van der Waals surface area contributed by atoms with Gasteiger partial charge in [0.1, 0.15) is 18.2 Å². The van der Waals surface area contributed by atoms with Crippen molar-refractivity contribution in [3.63, 3.8) is 0 Å². The lowest BCUT2D eigenvalue weighted by Gasteiger charge is -2.35. The van der Waals surface area contributed by atoms with Crippen LogP contribution in [-0.2, 0) is 14.3 Å². The SMILES string of the molecule is CCC(CC)(NC(=O)OCC1c2ccccc2-c2ccccc21)C(=O)N[C@H](C(=O)O)C(C)(C)C. The summed E-state index contributed by atoms with van der Waals surface area (Å²) in [5.41, 5.74) is 2.48. The molecule has 0 saturated heterocycles. The second kappa shape index (κ2) is 9.87. The summed E-state index contributed by atoms with van der Waals surface area (Å²) in [5.74, 6) is -1.75. The topological polar surface area (TPSA) is 105 Å². The van der Waals surface area contributed by atoms with Crippen LogP contribution in [0.25, 0.3) is 11.1 Å². The number of benzene rings is 2. The molecule has 2 aromatic carbocycles. The quantitative estimate of drug-likeness (QED) is 0.523. The lowest BCUT2D eigenvalue weighted by molar-refractivity contribution is -0.146. The van der Waals surface area contributed by atoms with E-state index in [1.807, 2.05) is 36.4 Å². The van der Waals surface area contributed by atoms with Crippen LogP contribution in [-0.4, -0.2) is 41.3 Å². The van der Waals surface area contributed by atoms with Gasteiger partial charge in [0.05, 0.1) is 0 Å². The fraction of sp³-hybridized carbons (Fsp3) is 0.444. The number of carboxylic acids is 1. The molecule has 7 heteroatoms. The molecule has 7 nitrogen and oxygen atoms in total. The highest BCUT2D eigenvalue weighted by atomic mass is 16.5. The first-order valence-electron chi connectivity index (χ1n) is 11.7. The first kappa shape index (κ1) is 25.3. The van der Waals surface area contributed by atoms with Crippen molar-refractivity contribution in [3.8, 4) is 11.1 Å². The van der Waals surface area contributed by atoms with Gasteiger partial charge in [-0.3, -0.25) is 4.79 Å². The molecule has 182 valence electrons. The zero-order chi connectivity index (χ0) is 25.1. The second-order valence-corrected chi connectivity index (χ2v) is 9.85. The minimum atomic E-state index is -1.28. The van der Waals surface area contributed by atoms with Crippen molar-refractivity contribution in [1.82, 2.24) is 10.6 Å². The Hall–Kier alpha value is -3.35. The van der Waals surface area contributed by atoms with E-state index in [4.69, 9.17) is 4.74 Å². The molecule has 3 rings (SSSR count). The molecule has 0 saturated carbocycles. The highest BCUT2D eigenvalue weighted by Gasteiger charge is 2.42. The van der Waals surface area contributed by atoms with E-state index in [1.54, 1.807) is 34.6 Å². The number of amides is 2. The summed E-state index contributed by atoms with van der Waals surface area (Å²) in [6.07, 6.45) is -0.130. The lowest BCUT2D eigenvalue weighted by Crippen LogP contribution is -2.62. The maximum Gasteiger partial charge on any atom is 0.408 e. The molecule has 1 aliphatic carbocycles. The van der Waals surface area contributed by atoms with Crippen molar-refractivity contribution < 1.29 is 24.2 Å². The van der Waals surface area contributed by atoms with Gasteiger partial charge in [-0.25, -0.2) is 9.59 Å². The van der Waals surface area contributed by atoms with Gasteiger partial charge in [-0.1, -0.05) is 83.1 Å². The van der Waals surface area contributed by atoms with Crippen molar-refractivity contribution in [1.29, 1.82) is 0 Å².